The van der Waals surface area contributed by atoms with Gasteiger partial charge in [-0.2, -0.15) is 0 Å². The highest BCUT2D eigenvalue weighted by Gasteiger charge is 2.30. The number of unbranched alkanes of at least 4 members (excludes halogenated alkanes) is 11. The lowest BCUT2D eigenvalue weighted by molar-refractivity contribution is -0.161. The number of phosphoric acid groups is 2. The van der Waals surface area contributed by atoms with Crippen LogP contribution in [-0.2, 0) is 65.4 Å². The third-order valence-corrected chi connectivity index (χ3v) is 16.2. The van der Waals surface area contributed by atoms with Gasteiger partial charge in [-0.3, -0.25) is 37.3 Å². The van der Waals surface area contributed by atoms with Crippen LogP contribution in [0.15, 0.2) is 182 Å². The first-order chi connectivity index (χ1) is 48.7. The molecule has 0 amide bonds. The van der Waals surface area contributed by atoms with Crippen molar-refractivity contribution in [1.82, 2.24) is 0 Å². The van der Waals surface area contributed by atoms with Crippen LogP contribution in [0.25, 0.3) is 0 Å². The van der Waals surface area contributed by atoms with E-state index in [-0.39, 0.29) is 25.7 Å². The van der Waals surface area contributed by atoms with E-state index >= 15 is 0 Å². The van der Waals surface area contributed by atoms with Gasteiger partial charge in [0.25, 0.3) is 0 Å². The summed E-state index contributed by atoms with van der Waals surface area (Å²) in [5.41, 5.74) is 0. The van der Waals surface area contributed by atoms with Gasteiger partial charge in [0.2, 0.25) is 0 Å². The van der Waals surface area contributed by atoms with Crippen LogP contribution in [0, 0.1) is 0 Å². The van der Waals surface area contributed by atoms with Crippen LogP contribution in [0.3, 0.4) is 0 Å². The van der Waals surface area contributed by atoms with Gasteiger partial charge in [0.1, 0.15) is 19.3 Å². The smallest absolute Gasteiger partial charge is 0.462 e. The Morgan fingerprint density at radius 3 is 0.880 bits per heavy atom. The summed E-state index contributed by atoms with van der Waals surface area (Å²) in [6.45, 7) is 4.25. The molecule has 5 atom stereocenters. The molecule has 0 aliphatic heterocycles. The van der Waals surface area contributed by atoms with E-state index in [1.807, 2.05) is 24.3 Å². The zero-order valence-electron chi connectivity index (χ0n) is 61.3. The highest BCUT2D eigenvalue weighted by molar-refractivity contribution is 7.47. The molecular formula is C81H128O17P2. The van der Waals surface area contributed by atoms with Gasteiger partial charge in [0.15, 0.2) is 12.2 Å². The van der Waals surface area contributed by atoms with Crippen LogP contribution < -0.4 is 0 Å². The lowest BCUT2D eigenvalue weighted by Crippen LogP contribution is -2.30. The Labute approximate surface area is 603 Å². The second-order valence-electron chi connectivity index (χ2n) is 23.7. The van der Waals surface area contributed by atoms with Crippen molar-refractivity contribution < 1.29 is 80.2 Å². The van der Waals surface area contributed by atoms with Crippen LogP contribution >= 0.6 is 15.6 Å². The zero-order valence-corrected chi connectivity index (χ0v) is 63.1. The Morgan fingerprint density at radius 1 is 0.290 bits per heavy atom. The molecule has 100 heavy (non-hydrogen) atoms. The predicted octanol–water partition coefficient (Wildman–Crippen LogP) is 21.2. The van der Waals surface area contributed by atoms with Crippen LogP contribution in [0.2, 0.25) is 0 Å². The summed E-state index contributed by atoms with van der Waals surface area (Å²) < 4.78 is 68.2. The fourth-order valence-corrected chi connectivity index (χ4v) is 10.4. The fourth-order valence-electron chi connectivity index (χ4n) is 8.79. The molecule has 0 spiro atoms. The average Bonchev–Trinajstić information content (AvgIpc) is 1.00. The summed E-state index contributed by atoms with van der Waals surface area (Å²) in [6, 6.07) is 0. The maximum atomic E-state index is 13.1. The number of ether oxygens (including phenoxy) is 4. The van der Waals surface area contributed by atoms with Crippen molar-refractivity contribution in [3.8, 4) is 0 Å². The van der Waals surface area contributed by atoms with E-state index in [2.05, 4.69) is 186 Å². The number of rotatable bonds is 67. The molecule has 0 bridgehead atoms. The monoisotopic (exact) mass is 1430 g/mol. The molecule has 0 aliphatic rings. The molecule has 0 radical (unpaired) electrons. The van der Waals surface area contributed by atoms with Gasteiger partial charge < -0.3 is 33.8 Å². The molecule has 0 aromatic carbocycles. The minimum atomic E-state index is -5.01. The number of allylic oxidation sites excluding steroid dienone is 30. The summed E-state index contributed by atoms with van der Waals surface area (Å²) in [6.07, 6.45) is 84.9. The highest BCUT2D eigenvalue weighted by Crippen LogP contribution is 2.45. The molecule has 0 heterocycles. The minimum Gasteiger partial charge on any atom is -0.462 e. The Balaban J connectivity index is 5.50. The average molecular weight is 1440 g/mol. The number of hydrogen-bond donors (Lipinski definition) is 3. The van der Waals surface area contributed by atoms with Crippen molar-refractivity contribution >= 4 is 39.5 Å². The first-order valence-electron chi connectivity index (χ1n) is 37.0. The van der Waals surface area contributed by atoms with Crippen LogP contribution in [0.4, 0.5) is 0 Å². The Kier molecular flexibility index (Phi) is 67.4. The lowest BCUT2D eigenvalue weighted by atomic mass is 10.1. The first kappa shape index (κ1) is 94.2. The maximum Gasteiger partial charge on any atom is 0.472 e. The number of esters is 4. The van der Waals surface area contributed by atoms with Gasteiger partial charge in [-0.05, 0) is 161 Å². The summed E-state index contributed by atoms with van der Waals surface area (Å²) in [7, 11) is -10.0. The van der Waals surface area contributed by atoms with Crippen molar-refractivity contribution in [2.45, 2.75) is 264 Å². The second-order valence-corrected chi connectivity index (χ2v) is 26.6. The van der Waals surface area contributed by atoms with Gasteiger partial charge in [-0.15, -0.1) is 0 Å². The van der Waals surface area contributed by atoms with Gasteiger partial charge in [0.05, 0.1) is 26.4 Å². The molecule has 0 fully saturated rings. The quantitative estimate of drug-likeness (QED) is 0.0169. The number of aliphatic hydroxyl groups is 1. The number of phosphoric ester groups is 2. The zero-order chi connectivity index (χ0) is 73.2. The molecule has 0 saturated heterocycles. The van der Waals surface area contributed by atoms with E-state index in [9.17, 15) is 43.2 Å². The van der Waals surface area contributed by atoms with Crippen LogP contribution in [-0.4, -0.2) is 96.7 Å². The Bertz CT molecular complexity index is 2620. The predicted molar refractivity (Wildman–Crippen MR) is 408 cm³/mol. The molecular weight excluding hydrogens is 1310 g/mol. The second kappa shape index (κ2) is 71.6. The standard InChI is InChI=1S/C81H128O17P2/c1-5-9-13-17-21-25-29-32-35-37-40-43-47-50-54-58-62-66-79(84)92-72-77(98-81(86)68-64-60-56-52-48-44-41-38-36-33-30-26-22-18-14-10-6-2)74-96-100(89,90)94-70-75(82)69-93-99(87,88)95-73-76(97-80(85)67-63-59-55-51-45-28-24-20-16-12-8-4)71-91-78(83)65-61-57-53-49-46-42-39-34-31-27-23-19-15-11-7-3/h9-11,13-15,20-27,32-36,39-41,43-44,46,49-50,52,54,56,75-77,82H,5-8,12,16-19,28-31,37-38,42,45,47-48,51,53,55,57-74H2,1-4H3,(H,87,88)(H,89,90)/b13-9-,14-10-,15-11-,24-20-,25-21-,26-22-,27-23-,35-32-,36-33-,39-34-,43-40-,44-41-,49-46-,54-50-,56-52-. The van der Waals surface area contributed by atoms with E-state index < -0.39 is 97.5 Å². The van der Waals surface area contributed by atoms with Crippen molar-refractivity contribution in [2.24, 2.45) is 0 Å². The largest absolute Gasteiger partial charge is 0.472 e. The molecule has 19 heteroatoms. The third-order valence-electron chi connectivity index (χ3n) is 14.3. The van der Waals surface area contributed by atoms with Crippen molar-refractivity contribution in [3.63, 3.8) is 0 Å². The molecule has 0 aromatic heterocycles. The summed E-state index contributed by atoms with van der Waals surface area (Å²) >= 11 is 0. The molecule has 0 aliphatic carbocycles. The van der Waals surface area contributed by atoms with Gasteiger partial charge >= 0.3 is 39.5 Å². The number of hydrogen-bond acceptors (Lipinski definition) is 15. The molecule has 0 rings (SSSR count). The molecule has 564 valence electrons. The first-order valence-corrected chi connectivity index (χ1v) is 40.0. The summed E-state index contributed by atoms with van der Waals surface area (Å²) in [4.78, 5) is 72.7. The normalized spacial score (nSPS) is 15.0. The van der Waals surface area contributed by atoms with Gasteiger partial charge in [0, 0.05) is 25.7 Å². The van der Waals surface area contributed by atoms with Gasteiger partial charge in [-0.1, -0.05) is 242 Å². The molecule has 0 aromatic rings. The molecule has 0 saturated carbocycles. The Morgan fingerprint density at radius 2 is 0.530 bits per heavy atom. The Hall–Kier alpha value is -5.84. The third kappa shape index (κ3) is 70.6. The van der Waals surface area contributed by atoms with Crippen molar-refractivity contribution in [1.29, 1.82) is 0 Å². The number of aliphatic hydroxyl groups excluding tert-OH is 1. The van der Waals surface area contributed by atoms with E-state index in [1.54, 1.807) is 0 Å². The molecule has 5 unspecified atom stereocenters. The van der Waals surface area contributed by atoms with E-state index in [0.717, 1.165) is 148 Å². The highest BCUT2D eigenvalue weighted by atomic mass is 31.2. The lowest BCUT2D eigenvalue weighted by Gasteiger charge is -2.21. The number of carbonyl (C=O) groups excluding carboxylic acids is 4. The van der Waals surface area contributed by atoms with Crippen LogP contribution in [0.1, 0.15) is 246 Å². The topological polar surface area (TPSA) is 237 Å². The van der Waals surface area contributed by atoms with Crippen molar-refractivity contribution in [3.05, 3.63) is 182 Å². The van der Waals surface area contributed by atoms with Crippen molar-refractivity contribution in [2.75, 3.05) is 39.6 Å². The van der Waals surface area contributed by atoms with Gasteiger partial charge in [-0.25, -0.2) is 9.13 Å². The summed E-state index contributed by atoms with van der Waals surface area (Å²) in [5.74, 6) is -2.39. The fraction of sp³-hybridized carbons (Fsp3) is 0.580. The van der Waals surface area contributed by atoms with E-state index in [1.165, 1.54) is 6.42 Å². The van der Waals surface area contributed by atoms with Crippen LogP contribution in [0.5, 0.6) is 0 Å². The van der Waals surface area contributed by atoms with E-state index in [0.29, 0.717) is 38.5 Å². The molecule has 17 nitrogen and oxygen atoms in total. The van der Waals surface area contributed by atoms with E-state index in [4.69, 9.17) is 37.0 Å². The SMILES string of the molecule is CC/C=C\C/C=C\C/C=C\C/C=C\C/C=C\CCCC(=O)OCC(COP(=O)(O)OCC(O)COP(=O)(O)OCC(COC(=O)CCCC/C=C\C/C=C\C/C=C\C/C=C\CC)OC(=O)CCCCCCC/C=C\CCCC)OC(=O)CCC/C=C\C/C=C\C/C=C\C/C=C\C/C=C\CC. The minimum absolute atomic E-state index is 0.00415. The maximum absolute atomic E-state index is 13.1. The molecule has 3 N–H and O–H groups in total. The summed E-state index contributed by atoms with van der Waals surface area (Å²) in [5, 5.41) is 10.6. The number of carbonyl (C=O) groups is 4.